The Bertz CT molecular complexity index is 453. The SMILES string of the molecule is OC[C@H]1O[C@@H](n2cnc3c2CNNCN3)[C@H](O)[C@@H]1O. The van der Waals surface area contributed by atoms with Crippen LogP contribution in [0.25, 0.3) is 0 Å². The second-order valence-corrected chi connectivity index (χ2v) is 4.56. The van der Waals surface area contributed by atoms with Crippen molar-refractivity contribution < 1.29 is 20.1 Å². The molecule has 0 saturated carbocycles. The highest BCUT2D eigenvalue weighted by molar-refractivity contribution is 5.41. The van der Waals surface area contributed by atoms with Crippen LogP contribution in [0.1, 0.15) is 11.9 Å². The summed E-state index contributed by atoms with van der Waals surface area (Å²) in [5.41, 5.74) is 6.72. The molecule has 1 saturated heterocycles. The Balaban J connectivity index is 1.89. The number of imidazole rings is 1. The monoisotopic (exact) mass is 271 g/mol. The standard InChI is InChI=1S/C10H17N5O4/c16-2-6-7(17)8(18)10(19-6)15-4-12-9-5(15)1-13-14-3-11-9/h4,6-8,10-11,13-14,16-18H,1-3H2/t6-,7-,8-,10-/m1/s1. The Kier molecular flexibility index (Phi) is 3.39. The minimum atomic E-state index is -1.11. The van der Waals surface area contributed by atoms with Crippen LogP contribution in [0.2, 0.25) is 0 Å². The largest absolute Gasteiger partial charge is 0.394 e. The highest BCUT2D eigenvalue weighted by Gasteiger charge is 2.44. The molecule has 9 nitrogen and oxygen atoms in total. The van der Waals surface area contributed by atoms with Crippen molar-refractivity contribution in [2.24, 2.45) is 0 Å². The van der Waals surface area contributed by atoms with Crippen LogP contribution in [0.3, 0.4) is 0 Å². The Morgan fingerprint density at radius 2 is 2.21 bits per heavy atom. The van der Waals surface area contributed by atoms with Gasteiger partial charge >= 0.3 is 0 Å². The molecule has 19 heavy (non-hydrogen) atoms. The van der Waals surface area contributed by atoms with Crippen LogP contribution < -0.4 is 16.2 Å². The number of aliphatic hydroxyl groups excluding tert-OH is 3. The lowest BCUT2D eigenvalue weighted by Gasteiger charge is -2.18. The Morgan fingerprint density at radius 1 is 1.37 bits per heavy atom. The molecule has 4 atom stereocenters. The van der Waals surface area contributed by atoms with Gasteiger partial charge in [0.15, 0.2) is 6.23 Å². The summed E-state index contributed by atoms with van der Waals surface area (Å²) in [5.74, 6) is 0.690. The van der Waals surface area contributed by atoms with Crippen molar-refractivity contribution in [2.75, 3.05) is 18.6 Å². The molecule has 106 valence electrons. The van der Waals surface area contributed by atoms with Crippen LogP contribution in [0.4, 0.5) is 5.82 Å². The van der Waals surface area contributed by atoms with E-state index in [4.69, 9.17) is 9.84 Å². The van der Waals surface area contributed by atoms with E-state index in [2.05, 4.69) is 21.2 Å². The van der Waals surface area contributed by atoms with E-state index in [0.717, 1.165) is 5.69 Å². The van der Waals surface area contributed by atoms with E-state index >= 15 is 0 Å². The summed E-state index contributed by atoms with van der Waals surface area (Å²) in [4.78, 5) is 4.21. The van der Waals surface area contributed by atoms with E-state index in [1.807, 2.05) is 0 Å². The summed E-state index contributed by atoms with van der Waals surface area (Å²) < 4.78 is 7.14. The lowest BCUT2D eigenvalue weighted by Crippen LogP contribution is -2.34. The van der Waals surface area contributed by atoms with Crippen LogP contribution >= 0.6 is 0 Å². The first-order valence-corrected chi connectivity index (χ1v) is 6.10. The van der Waals surface area contributed by atoms with Crippen molar-refractivity contribution in [2.45, 2.75) is 31.1 Å². The number of anilines is 1. The van der Waals surface area contributed by atoms with Crippen LogP contribution in [0, 0.1) is 0 Å². The normalized spacial score (nSPS) is 34.7. The molecule has 2 aliphatic rings. The quantitative estimate of drug-likeness (QED) is 0.348. The number of hydrazine groups is 1. The van der Waals surface area contributed by atoms with Crippen molar-refractivity contribution in [3.63, 3.8) is 0 Å². The summed E-state index contributed by atoms with van der Waals surface area (Å²) in [7, 11) is 0. The van der Waals surface area contributed by atoms with Crippen LogP contribution in [-0.2, 0) is 11.3 Å². The van der Waals surface area contributed by atoms with Gasteiger partial charge in [-0.1, -0.05) is 0 Å². The van der Waals surface area contributed by atoms with Crippen molar-refractivity contribution in [1.29, 1.82) is 0 Å². The molecule has 3 heterocycles. The number of hydrogen-bond donors (Lipinski definition) is 6. The molecular weight excluding hydrogens is 254 g/mol. The second kappa shape index (κ2) is 5.04. The molecule has 3 rings (SSSR count). The van der Waals surface area contributed by atoms with Crippen molar-refractivity contribution in [3.05, 3.63) is 12.0 Å². The van der Waals surface area contributed by atoms with Crippen molar-refractivity contribution >= 4 is 5.82 Å². The predicted octanol–water partition coefficient (Wildman–Crippen LogP) is -2.53. The minimum Gasteiger partial charge on any atom is -0.394 e. The van der Waals surface area contributed by atoms with Gasteiger partial charge in [0.05, 0.1) is 31.8 Å². The first kappa shape index (κ1) is 12.8. The maximum absolute atomic E-state index is 10.0. The fourth-order valence-corrected chi connectivity index (χ4v) is 2.37. The maximum atomic E-state index is 10.0. The van der Waals surface area contributed by atoms with Gasteiger partial charge in [-0.05, 0) is 0 Å². The number of hydrogen-bond acceptors (Lipinski definition) is 8. The number of nitrogens with zero attached hydrogens (tertiary/aromatic N) is 2. The molecule has 0 amide bonds. The van der Waals surface area contributed by atoms with Gasteiger partial charge in [0.1, 0.15) is 24.1 Å². The Labute approximate surface area is 109 Å². The van der Waals surface area contributed by atoms with E-state index in [1.54, 1.807) is 10.9 Å². The molecule has 1 aromatic heterocycles. The van der Waals surface area contributed by atoms with Crippen molar-refractivity contribution in [1.82, 2.24) is 20.4 Å². The van der Waals surface area contributed by atoms with Gasteiger partial charge in [0.25, 0.3) is 0 Å². The summed E-state index contributed by atoms with van der Waals surface area (Å²) in [6.07, 6.45) is -2.22. The number of aromatic nitrogens is 2. The van der Waals surface area contributed by atoms with Gasteiger partial charge in [0.2, 0.25) is 0 Å². The zero-order chi connectivity index (χ0) is 13.4. The molecule has 0 bridgehead atoms. The van der Waals surface area contributed by atoms with E-state index in [0.29, 0.717) is 19.0 Å². The zero-order valence-electron chi connectivity index (χ0n) is 10.2. The number of fused-ring (bicyclic) bond motifs is 1. The fourth-order valence-electron chi connectivity index (χ4n) is 2.37. The fraction of sp³-hybridized carbons (Fsp3) is 0.700. The van der Waals surface area contributed by atoms with Crippen molar-refractivity contribution in [3.8, 4) is 0 Å². The molecule has 0 aliphatic carbocycles. The van der Waals surface area contributed by atoms with Gasteiger partial charge in [0, 0.05) is 0 Å². The second-order valence-electron chi connectivity index (χ2n) is 4.56. The maximum Gasteiger partial charge on any atom is 0.164 e. The first-order chi connectivity index (χ1) is 9.22. The highest BCUT2D eigenvalue weighted by Crippen LogP contribution is 2.31. The smallest absolute Gasteiger partial charge is 0.164 e. The minimum absolute atomic E-state index is 0.344. The number of nitrogens with one attached hydrogen (secondary N) is 3. The molecule has 1 fully saturated rings. The highest BCUT2D eigenvalue weighted by atomic mass is 16.6. The Hall–Kier alpha value is -1.23. The number of ether oxygens (including phenoxy) is 1. The molecule has 6 N–H and O–H groups in total. The third kappa shape index (κ3) is 2.10. The average Bonchev–Trinajstić information content (AvgIpc) is 2.83. The number of rotatable bonds is 2. The molecule has 0 radical (unpaired) electrons. The van der Waals surface area contributed by atoms with Gasteiger partial charge in [-0.15, -0.1) is 0 Å². The zero-order valence-corrected chi connectivity index (χ0v) is 10.2. The van der Waals surface area contributed by atoms with E-state index in [-0.39, 0.29) is 6.61 Å². The van der Waals surface area contributed by atoms with Crippen LogP contribution in [0.15, 0.2) is 6.33 Å². The lowest BCUT2D eigenvalue weighted by molar-refractivity contribution is -0.0539. The molecule has 1 aromatic rings. The first-order valence-electron chi connectivity index (χ1n) is 6.10. The summed E-state index contributed by atoms with van der Waals surface area (Å²) in [6.45, 7) is 0.679. The van der Waals surface area contributed by atoms with Gasteiger partial charge in [-0.3, -0.25) is 5.43 Å². The van der Waals surface area contributed by atoms with E-state index in [9.17, 15) is 10.2 Å². The summed E-state index contributed by atoms with van der Waals surface area (Å²) in [6, 6.07) is 0. The van der Waals surface area contributed by atoms with Gasteiger partial charge in [-0.25, -0.2) is 10.4 Å². The predicted molar refractivity (Wildman–Crippen MR) is 63.7 cm³/mol. The molecule has 0 aromatic carbocycles. The van der Waals surface area contributed by atoms with Crippen LogP contribution in [0.5, 0.6) is 0 Å². The molecular formula is C10H17N5O4. The lowest BCUT2D eigenvalue weighted by atomic mass is 10.1. The van der Waals surface area contributed by atoms with E-state index in [1.165, 1.54) is 0 Å². The summed E-state index contributed by atoms with van der Waals surface area (Å²) >= 11 is 0. The van der Waals surface area contributed by atoms with Gasteiger partial charge < -0.3 is 29.9 Å². The molecule has 0 spiro atoms. The third-order valence-electron chi connectivity index (χ3n) is 3.41. The Morgan fingerprint density at radius 3 is 2.95 bits per heavy atom. The molecule has 0 unspecified atom stereocenters. The average molecular weight is 271 g/mol. The molecule has 9 heteroatoms. The van der Waals surface area contributed by atoms with Crippen LogP contribution in [-0.4, -0.2) is 56.5 Å². The molecule has 2 aliphatic heterocycles. The van der Waals surface area contributed by atoms with E-state index < -0.39 is 24.5 Å². The summed E-state index contributed by atoms with van der Waals surface area (Å²) in [5, 5.41) is 31.9. The number of aliphatic hydroxyl groups is 3. The topological polar surface area (TPSA) is 124 Å². The van der Waals surface area contributed by atoms with Gasteiger partial charge in [-0.2, -0.15) is 0 Å². The third-order valence-corrected chi connectivity index (χ3v) is 3.41.